The fraction of sp³-hybridized carbons (Fsp3) is 1.00. The first kappa shape index (κ1) is 13.5. The van der Waals surface area contributed by atoms with Crippen molar-refractivity contribution in [2.24, 2.45) is 17.8 Å². The lowest BCUT2D eigenvalue weighted by molar-refractivity contribution is 0.0716. The van der Waals surface area contributed by atoms with E-state index in [0.717, 1.165) is 24.3 Å². The van der Waals surface area contributed by atoms with Crippen LogP contribution in [0.2, 0.25) is 0 Å². The zero-order valence-electron chi connectivity index (χ0n) is 12.6. The van der Waals surface area contributed by atoms with Gasteiger partial charge in [0.1, 0.15) is 0 Å². The van der Waals surface area contributed by atoms with E-state index in [1.165, 1.54) is 64.6 Å². The smallest absolute Gasteiger partial charge is 0.0571 e. The van der Waals surface area contributed by atoms with Gasteiger partial charge in [-0.05, 0) is 75.7 Å². The van der Waals surface area contributed by atoms with Gasteiger partial charge < -0.3 is 10.4 Å². The molecular weight excluding hydrogens is 248 g/mol. The highest BCUT2D eigenvalue weighted by Crippen LogP contribution is 2.38. The minimum absolute atomic E-state index is 0.0109. The van der Waals surface area contributed by atoms with E-state index in [-0.39, 0.29) is 6.10 Å². The van der Waals surface area contributed by atoms with Gasteiger partial charge in [-0.3, -0.25) is 4.90 Å². The molecule has 1 heterocycles. The van der Waals surface area contributed by atoms with Crippen molar-refractivity contribution in [3.05, 3.63) is 0 Å². The van der Waals surface area contributed by atoms with Crippen molar-refractivity contribution >= 4 is 0 Å². The molecule has 0 radical (unpaired) electrons. The quantitative estimate of drug-likeness (QED) is 0.748. The van der Waals surface area contributed by atoms with E-state index in [2.05, 4.69) is 10.2 Å². The summed E-state index contributed by atoms with van der Waals surface area (Å²) in [7, 11) is 0. The SMILES string of the molecule is OC(CC1CC(NCC2CC2)CN(C2CC2)C1)C1CC1. The molecule has 2 N–H and O–H groups in total. The zero-order valence-corrected chi connectivity index (χ0v) is 12.6. The van der Waals surface area contributed by atoms with Crippen LogP contribution in [0.3, 0.4) is 0 Å². The van der Waals surface area contributed by atoms with Crippen molar-refractivity contribution in [1.82, 2.24) is 10.2 Å². The highest BCUT2D eigenvalue weighted by Gasteiger charge is 2.38. The van der Waals surface area contributed by atoms with Crippen LogP contribution >= 0.6 is 0 Å². The Bertz CT molecular complexity index is 334. The molecule has 0 spiro atoms. The lowest BCUT2D eigenvalue weighted by Crippen LogP contribution is -2.51. The van der Waals surface area contributed by atoms with Crippen LogP contribution in [0.15, 0.2) is 0 Å². The molecule has 20 heavy (non-hydrogen) atoms. The Kier molecular flexibility index (Phi) is 3.78. The Morgan fingerprint density at radius 2 is 1.80 bits per heavy atom. The van der Waals surface area contributed by atoms with Crippen molar-refractivity contribution in [2.45, 2.75) is 69.6 Å². The van der Waals surface area contributed by atoms with Gasteiger partial charge in [0, 0.05) is 25.2 Å². The van der Waals surface area contributed by atoms with Crippen LogP contribution in [0.4, 0.5) is 0 Å². The average Bonchev–Trinajstić information content (AvgIpc) is 3.31. The Balaban J connectivity index is 1.31. The van der Waals surface area contributed by atoms with E-state index in [9.17, 15) is 5.11 Å². The second-order valence-electron chi connectivity index (χ2n) is 7.98. The highest BCUT2D eigenvalue weighted by atomic mass is 16.3. The molecule has 1 aliphatic heterocycles. The predicted octanol–water partition coefficient (Wildman–Crippen LogP) is 2.00. The molecule has 4 fully saturated rings. The molecule has 1 saturated heterocycles. The number of nitrogens with zero attached hydrogens (tertiary/aromatic N) is 1. The average molecular weight is 278 g/mol. The number of hydrogen-bond donors (Lipinski definition) is 2. The van der Waals surface area contributed by atoms with Gasteiger partial charge in [0.25, 0.3) is 0 Å². The van der Waals surface area contributed by atoms with E-state index < -0.39 is 0 Å². The Morgan fingerprint density at radius 1 is 1.00 bits per heavy atom. The lowest BCUT2D eigenvalue weighted by atomic mass is 9.88. The number of aliphatic hydroxyl groups excluding tert-OH is 1. The number of aliphatic hydroxyl groups is 1. The third-order valence-corrected chi connectivity index (χ3v) is 5.76. The summed E-state index contributed by atoms with van der Waals surface area (Å²) in [4.78, 5) is 2.72. The van der Waals surface area contributed by atoms with Gasteiger partial charge in [-0.15, -0.1) is 0 Å². The fourth-order valence-corrected chi connectivity index (χ4v) is 3.97. The number of likely N-dealkylation sites (tertiary alicyclic amines) is 1. The molecule has 0 amide bonds. The topological polar surface area (TPSA) is 35.5 Å². The van der Waals surface area contributed by atoms with E-state index in [1.54, 1.807) is 0 Å². The van der Waals surface area contributed by atoms with Crippen LogP contribution < -0.4 is 5.32 Å². The van der Waals surface area contributed by atoms with Crippen LogP contribution in [-0.4, -0.2) is 47.8 Å². The van der Waals surface area contributed by atoms with Crippen molar-refractivity contribution in [1.29, 1.82) is 0 Å². The van der Waals surface area contributed by atoms with Crippen molar-refractivity contribution in [2.75, 3.05) is 19.6 Å². The normalized spacial score (nSPS) is 37.0. The first-order valence-corrected chi connectivity index (χ1v) is 8.93. The van der Waals surface area contributed by atoms with Crippen molar-refractivity contribution in [3.63, 3.8) is 0 Å². The molecule has 0 aromatic heterocycles. The summed E-state index contributed by atoms with van der Waals surface area (Å²) in [6.45, 7) is 3.74. The summed E-state index contributed by atoms with van der Waals surface area (Å²) >= 11 is 0. The van der Waals surface area contributed by atoms with Gasteiger partial charge >= 0.3 is 0 Å². The Hall–Kier alpha value is -0.120. The summed E-state index contributed by atoms with van der Waals surface area (Å²) in [6.07, 6.45) is 10.6. The first-order chi connectivity index (χ1) is 9.78. The van der Waals surface area contributed by atoms with E-state index in [0.29, 0.717) is 12.0 Å². The van der Waals surface area contributed by atoms with Crippen LogP contribution in [-0.2, 0) is 0 Å². The molecule has 114 valence electrons. The van der Waals surface area contributed by atoms with Gasteiger partial charge in [0.2, 0.25) is 0 Å². The molecule has 3 aliphatic carbocycles. The van der Waals surface area contributed by atoms with E-state index in [1.807, 2.05) is 0 Å². The van der Waals surface area contributed by atoms with Gasteiger partial charge in [-0.1, -0.05) is 0 Å². The summed E-state index contributed by atoms with van der Waals surface area (Å²) in [5, 5.41) is 14.1. The molecule has 0 bridgehead atoms. The molecule has 0 aromatic carbocycles. The van der Waals surface area contributed by atoms with Gasteiger partial charge in [0.05, 0.1) is 6.10 Å². The molecule has 4 aliphatic rings. The number of hydrogen-bond acceptors (Lipinski definition) is 3. The van der Waals surface area contributed by atoms with Crippen LogP contribution in [0.5, 0.6) is 0 Å². The predicted molar refractivity (Wildman–Crippen MR) is 80.6 cm³/mol. The summed E-state index contributed by atoms with van der Waals surface area (Å²) in [6, 6.07) is 1.56. The summed E-state index contributed by atoms with van der Waals surface area (Å²) in [5.74, 6) is 2.34. The maximum absolute atomic E-state index is 10.3. The largest absolute Gasteiger partial charge is 0.393 e. The van der Waals surface area contributed by atoms with Crippen LogP contribution in [0.25, 0.3) is 0 Å². The first-order valence-electron chi connectivity index (χ1n) is 8.93. The molecule has 3 nitrogen and oxygen atoms in total. The molecule has 3 atom stereocenters. The lowest BCUT2D eigenvalue weighted by Gasteiger charge is -2.39. The maximum Gasteiger partial charge on any atom is 0.0571 e. The number of rotatable bonds is 7. The highest BCUT2D eigenvalue weighted by molar-refractivity contribution is 4.94. The van der Waals surface area contributed by atoms with Gasteiger partial charge in [-0.25, -0.2) is 0 Å². The van der Waals surface area contributed by atoms with E-state index in [4.69, 9.17) is 0 Å². The van der Waals surface area contributed by atoms with Crippen molar-refractivity contribution < 1.29 is 5.11 Å². The fourth-order valence-electron chi connectivity index (χ4n) is 3.97. The van der Waals surface area contributed by atoms with Crippen LogP contribution in [0, 0.1) is 17.8 Å². The monoisotopic (exact) mass is 278 g/mol. The summed E-state index contributed by atoms with van der Waals surface area (Å²) < 4.78 is 0. The minimum Gasteiger partial charge on any atom is -0.393 e. The van der Waals surface area contributed by atoms with Gasteiger partial charge in [-0.2, -0.15) is 0 Å². The minimum atomic E-state index is -0.0109. The molecule has 0 aromatic rings. The van der Waals surface area contributed by atoms with Gasteiger partial charge in [0.15, 0.2) is 0 Å². The third kappa shape index (κ3) is 3.55. The second-order valence-corrected chi connectivity index (χ2v) is 7.98. The van der Waals surface area contributed by atoms with Crippen molar-refractivity contribution in [3.8, 4) is 0 Å². The molecule has 4 rings (SSSR count). The Labute approximate surface area is 123 Å². The molecule has 3 unspecified atom stereocenters. The second kappa shape index (κ2) is 5.58. The number of piperidine rings is 1. The van der Waals surface area contributed by atoms with Crippen LogP contribution in [0.1, 0.15) is 51.4 Å². The summed E-state index contributed by atoms with van der Waals surface area (Å²) in [5.41, 5.74) is 0. The van der Waals surface area contributed by atoms with E-state index >= 15 is 0 Å². The zero-order chi connectivity index (χ0) is 13.5. The number of nitrogens with one attached hydrogen (secondary N) is 1. The molecule has 3 heteroatoms. The maximum atomic E-state index is 10.3. The third-order valence-electron chi connectivity index (χ3n) is 5.76. The molecule has 3 saturated carbocycles. The standard InChI is InChI=1S/C17H30N2O/c20-17(14-3-4-14)8-13-7-15(18-9-12-1-2-12)11-19(10-13)16-5-6-16/h12-18,20H,1-11H2. The Morgan fingerprint density at radius 3 is 2.45 bits per heavy atom. The molecular formula is C17H30N2O.